The van der Waals surface area contributed by atoms with E-state index in [2.05, 4.69) is 15.5 Å². The molecular weight excluding hydrogens is 404 g/mol. The van der Waals surface area contributed by atoms with Crippen LogP contribution < -0.4 is 25.3 Å². The number of primary amides is 1. The number of carbonyl (C=O) groups is 2. The van der Waals surface area contributed by atoms with Crippen molar-refractivity contribution in [1.82, 2.24) is 10.1 Å². The van der Waals surface area contributed by atoms with E-state index in [4.69, 9.17) is 24.5 Å². The van der Waals surface area contributed by atoms with Crippen LogP contribution >= 0.6 is 0 Å². The summed E-state index contributed by atoms with van der Waals surface area (Å²) in [5.74, 6) is 1.25. The molecule has 0 spiro atoms. The van der Waals surface area contributed by atoms with Crippen molar-refractivity contribution >= 4 is 17.5 Å². The minimum atomic E-state index is -0.530. The summed E-state index contributed by atoms with van der Waals surface area (Å²) in [6.07, 6.45) is 0.386. The minimum absolute atomic E-state index is 0.133. The Morgan fingerprint density at radius 3 is 2.23 bits per heavy atom. The molecule has 3 rings (SSSR count). The number of nitrogens with one attached hydrogen (secondary N) is 1. The van der Waals surface area contributed by atoms with Crippen molar-refractivity contribution in [3.63, 3.8) is 0 Å². The van der Waals surface area contributed by atoms with E-state index >= 15 is 0 Å². The van der Waals surface area contributed by atoms with Crippen LogP contribution in [-0.4, -0.2) is 43.3 Å². The van der Waals surface area contributed by atoms with Crippen LogP contribution in [0.1, 0.15) is 22.7 Å². The molecule has 0 saturated heterocycles. The SMILES string of the molecule is COc1cc(-c2noc(CCC(=O)Nc3ccc(C(N)=O)cc3)n2)cc(OC)c1OC. The Morgan fingerprint density at radius 2 is 1.68 bits per heavy atom. The van der Waals surface area contributed by atoms with Crippen LogP contribution in [-0.2, 0) is 11.2 Å². The van der Waals surface area contributed by atoms with Gasteiger partial charge in [-0.1, -0.05) is 5.16 Å². The van der Waals surface area contributed by atoms with Crippen molar-refractivity contribution < 1.29 is 28.3 Å². The van der Waals surface area contributed by atoms with Gasteiger partial charge in [-0.15, -0.1) is 0 Å². The number of hydrogen-bond donors (Lipinski definition) is 2. The van der Waals surface area contributed by atoms with Gasteiger partial charge >= 0.3 is 0 Å². The normalized spacial score (nSPS) is 10.4. The van der Waals surface area contributed by atoms with Crippen molar-refractivity contribution in [2.75, 3.05) is 26.6 Å². The zero-order valence-corrected chi connectivity index (χ0v) is 17.3. The quantitative estimate of drug-likeness (QED) is 0.532. The Balaban J connectivity index is 1.65. The zero-order chi connectivity index (χ0) is 22.4. The Morgan fingerprint density at radius 1 is 1.03 bits per heavy atom. The highest BCUT2D eigenvalue weighted by molar-refractivity contribution is 5.94. The highest BCUT2D eigenvalue weighted by Gasteiger charge is 2.17. The van der Waals surface area contributed by atoms with Gasteiger partial charge in [-0.2, -0.15) is 4.98 Å². The van der Waals surface area contributed by atoms with Crippen LogP contribution in [0, 0.1) is 0 Å². The van der Waals surface area contributed by atoms with Gasteiger partial charge in [0.25, 0.3) is 0 Å². The van der Waals surface area contributed by atoms with Crippen molar-refractivity contribution in [3.05, 3.63) is 47.9 Å². The van der Waals surface area contributed by atoms with Crippen LogP contribution in [0.2, 0.25) is 0 Å². The van der Waals surface area contributed by atoms with E-state index in [0.717, 1.165) is 0 Å². The van der Waals surface area contributed by atoms with E-state index in [1.54, 1.807) is 36.4 Å². The molecule has 1 aromatic heterocycles. The smallest absolute Gasteiger partial charge is 0.248 e. The number of nitrogens with zero attached hydrogens (tertiary/aromatic N) is 2. The van der Waals surface area contributed by atoms with E-state index in [9.17, 15) is 9.59 Å². The lowest BCUT2D eigenvalue weighted by Gasteiger charge is -2.12. The third-order valence-electron chi connectivity index (χ3n) is 4.41. The van der Waals surface area contributed by atoms with Crippen molar-refractivity contribution in [1.29, 1.82) is 0 Å². The molecule has 0 bridgehead atoms. The van der Waals surface area contributed by atoms with E-state index < -0.39 is 5.91 Å². The summed E-state index contributed by atoms with van der Waals surface area (Å²) >= 11 is 0. The lowest BCUT2D eigenvalue weighted by molar-refractivity contribution is -0.116. The number of aryl methyl sites for hydroxylation is 1. The predicted molar refractivity (Wildman–Crippen MR) is 111 cm³/mol. The maximum atomic E-state index is 12.2. The Hall–Kier alpha value is -4.08. The molecule has 0 unspecified atom stereocenters. The Bertz CT molecular complexity index is 1050. The second-order valence-corrected chi connectivity index (χ2v) is 6.42. The molecule has 31 heavy (non-hydrogen) atoms. The van der Waals surface area contributed by atoms with Gasteiger partial charge in [-0.3, -0.25) is 9.59 Å². The first kappa shape index (κ1) is 21.6. The summed E-state index contributed by atoms with van der Waals surface area (Å²) in [4.78, 5) is 27.6. The maximum absolute atomic E-state index is 12.2. The number of methoxy groups -OCH3 is 3. The zero-order valence-electron chi connectivity index (χ0n) is 17.3. The van der Waals surface area contributed by atoms with Crippen molar-refractivity contribution in [3.8, 4) is 28.6 Å². The first-order chi connectivity index (χ1) is 14.9. The first-order valence-electron chi connectivity index (χ1n) is 9.27. The molecule has 162 valence electrons. The number of benzene rings is 2. The molecule has 0 saturated carbocycles. The average molecular weight is 426 g/mol. The van der Waals surface area contributed by atoms with Gasteiger partial charge in [-0.05, 0) is 36.4 Å². The summed E-state index contributed by atoms with van der Waals surface area (Å²) in [6.45, 7) is 0. The van der Waals surface area contributed by atoms with Gasteiger partial charge in [-0.25, -0.2) is 0 Å². The number of amides is 2. The molecule has 10 heteroatoms. The van der Waals surface area contributed by atoms with Gasteiger partial charge < -0.3 is 29.8 Å². The molecule has 3 N–H and O–H groups in total. The Labute approximate surface area is 178 Å². The number of ether oxygens (including phenoxy) is 3. The molecule has 10 nitrogen and oxygen atoms in total. The fraction of sp³-hybridized carbons (Fsp3) is 0.238. The van der Waals surface area contributed by atoms with Gasteiger partial charge in [0, 0.05) is 29.7 Å². The van der Waals surface area contributed by atoms with E-state index in [0.29, 0.717) is 45.8 Å². The second-order valence-electron chi connectivity index (χ2n) is 6.42. The number of aromatic nitrogens is 2. The standard InChI is InChI=1S/C21H22N4O6/c1-28-15-10-13(11-16(29-2)19(15)30-3)21-24-18(31-25-21)9-8-17(26)23-14-6-4-12(5-7-14)20(22)27/h4-7,10-11H,8-9H2,1-3H3,(H2,22,27)(H,23,26). The number of anilines is 1. The third-order valence-corrected chi connectivity index (χ3v) is 4.41. The number of nitrogens with two attached hydrogens (primary N) is 1. The molecular formula is C21H22N4O6. The highest BCUT2D eigenvalue weighted by atomic mass is 16.5. The maximum Gasteiger partial charge on any atom is 0.248 e. The van der Waals surface area contributed by atoms with E-state index in [-0.39, 0.29) is 18.7 Å². The average Bonchev–Trinajstić information content (AvgIpc) is 3.26. The highest BCUT2D eigenvalue weighted by Crippen LogP contribution is 2.40. The topological polar surface area (TPSA) is 139 Å². The number of hydrogen-bond acceptors (Lipinski definition) is 8. The summed E-state index contributed by atoms with van der Waals surface area (Å²) in [5, 5.41) is 6.70. The molecule has 2 aromatic carbocycles. The van der Waals surface area contributed by atoms with E-state index in [1.807, 2.05) is 0 Å². The lowest BCUT2D eigenvalue weighted by Crippen LogP contribution is -2.13. The molecule has 1 heterocycles. The monoisotopic (exact) mass is 426 g/mol. The van der Waals surface area contributed by atoms with Gasteiger partial charge in [0.05, 0.1) is 21.3 Å². The van der Waals surface area contributed by atoms with Crippen LogP contribution in [0.5, 0.6) is 17.2 Å². The predicted octanol–water partition coefficient (Wildman–Crippen LogP) is 2.43. The second kappa shape index (κ2) is 9.61. The molecule has 0 aliphatic rings. The summed E-state index contributed by atoms with van der Waals surface area (Å²) in [6, 6.07) is 9.70. The summed E-state index contributed by atoms with van der Waals surface area (Å²) in [7, 11) is 4.55. The van der Waals surface area contributed by atoms with Crippen LogP contribution in [0.25, 0.3) is 11.4 Å². The van der Waals surface area contributed by atoms with Crippen LogP contribution in [0.3, 0.4) is 0 Å². The molecule has 2 amide bonds. The minimum Gasteiger partial charge on any atom is -0.493 e. The molecule has 0 fully saturated rings. The summed E-state index contributed by atoms with van der Waals surface area (Å²) in [5.41, 5.74) is 6.73. The van der Waals surface area contributed by atoms with E-state index in [1.165, 1.54) is 21.3 Å². The van der Waals surface area contributed by atoms with Crippen LogP contribution in [0.4, 0.5) is 5.69 Å². The molecule has 3 aromatic rings. The molecule has 0 aliphatic carbocycles. The number of carbonyl (C=O) groups excluding carboxylic acids is 2. The fourth-order valence-corrected chi connectivity index (χ4v) is 2.85. The van der Waals surface area contributed by atoms with Crippen molar-refractivity contribution in [2.45, 2.75) is 12.8 Å². The summed E-state index contributed by atoms with van der Waals surface area (Å²) < 4.78 is 21.2. The largest absolute Gasteiger partial charge is 0.493 e. The van der Waals surface area contributed by atoms with Crippen LogP contribution in [0.15, 0.2) is 40.9 Å². The van der Waals surface area contributed by atoms with Crippen molar-refractivity contribution in [2.24, 2.45) is 5.73 Å². The number of rotatable bonds is 9. The third kappa shape index (κ3) is 5.10. The molecule has 0 radical (unpaired) electrons. The Kier molecular flexibility index (Phi) is 6.71. The lowest BCUT2D eigenvalue weighted by atomic mass is 10.1. The molecule has 0 aliphatic heterocycles. The molecule has 0 atom stereocenters. The van der Waals surface area contributed by atoms with Gasteiger partial charge in [0.1, 0.15) is 0 Å². The first-order valence-corrected chi connectivity index (χ1v) is 9.27. The van der Waals surface area contributed by atoms with Gasteiger partial charge in [0.15, 0.2) is 11.5 Å². The fourth-order valence-electron chi connectivity index (χ4n) is 2.85. The van der Waals surface area contributed by atoms with Gasteiger partial charge in [0.2, 0.25) is 29.3 Å².